The maximum atomic E-state index is 12.7. The minimum Gasteiger partial charge on any atom is -0.368 e. The van der Waals surface area contributed by atoms with Gasteiger partial charge in [-0.05, 0) is 50.0 Å². The molecule has 33 heavy (non-hydrogen) atoms. The molecule has 0 aromatic carbocycles. The van der Waals surface area contributed by atoms with E-state index in [9.17, 15) is 19.2 Å². The second kappa shape index (κ2) is 15.6. The Bertz CT molecular complexity index is 634. The molecular weight excluding hydrogens is 422 g/mol. The Morgan fingerprint density at radius 3 is 2.12 bits per heavy atom. The van der Waals surface area contributed by atoms with Gasteiger partial charge in [0, 0.05) is 6.42 Å². The number of unbranched alkanes of at least 4 members (excludes halogenated alkanes) is 1. The van der Waals surface area contributed by atoms with Crippen LogP contribution < -0.4 is 27.4 Å². The van der Waals surface area contributed by atoms with Gasteiger partial charge in [-0.3, -0.25) is 19.2 Å². The van der Waals surface area contributed by atoms with E-state index in [1.165, 1.54) is 19.3 Å². The van der Waals surface area contributed by atoms with Crippen molar-refractivity contribution in [1.82, 2.24) is 16.0 Å². The molecular formula is C24H45N5O4. The van der Waals surface area contributed by atoms with Gasteiger partial charge in [-0.15, -0.1) is 0 Å². The molecule has 9 heteroatoms. The van der Waals surface area contributed by atoms with Crippen molar-refractivity contribution < 1.29 is 19.2 Å². The summed E-state index contributed by atoms with van der Waals surface area (Å²) >= 11 is 0. The van der Waals surface area contributed by atoms with Crippen LogP contribution >= 0.6 is 0 Å². The topological polar surface area (TPSA) is 156 Å². The molecule has 0 aromatic heterocycles. The zero-order valence-electron chi connectivity index (χ0n) is 20.7. The summed E-state index contributed by atoms with van der Waals surface area (Å²) in [5.41, 5.74) is 10.9. The lowest BCUT2D eigenvalue weighted by Crippen LogP contribution is -2.52. The SMILES string of the molecule is CC(C)C[C@H](NC(=O)CNC(=O)[C@H](CCCCN)NC(=O)C[C@@H](C)C1CCCCC1)C(N)=O. The Morgan fingerprint density at radius 1 is 0.909 bits per heavy atom. The Hall–Kier alpha value is -2.16. The quantitative estimate of drug-likeness (QED) is 0.230. The number of amides is 4. The lowest BCUT2D eigenvalue weighted by molar-refractivity contribution is -0.131. The molecule has 1 rings (SSSR count). The summed E-state index contributed by atoms with van der Waals surface area (Å²) in [4.78, 5) is 49.2. The third kappa shape index (κ3) is 12.0. The van der Waals surface area contributed by atoms with E-state index in [1.807, 2.05) is 13.8 Å². The maximum absolute atomic E-state index is 12.7. The highest BCUT2D eigenvalue weighted by atomic mass is 16.2. The molecule has 0 radical (unpaired) electrons. The zero-order valence-corrected chi connectivity index (χ0v) is 20.7. The molecule has 7 N–H and O–H groups in total. The van der Waals surface area contributed by atoms with Gasteiger partial charge in [0.25, 0.3) is 0 Å². The van der Waals surface area contributed by atoms with Crippen LogP contribution in [-0.2, 0) is 19.2 Å². The molecule has 3 atom stereocenters. The van der Waals surface area contributed by atoms with E-state index in [4.69, 9.17) is 11.5 Å². The van der Waals surface area contributed by atoms with Crippen LogP contribution in [-0.4, -0.2) is 48.8 Å². The summed E-state index contributed by atoms with van der Waals surface area (Å²) in [6.07, 6.45) is 8.72. The van der Waals surface area contributed by atoms with Crippen molar-refractivity contribution >= 4 is 23.6 Å². The van der Waals surface area contributed by atoms with E-state index in [2.05, 4.69) is 22.9 Å². The molecule has 1 aliphatic carbocycles. The van der Waals surface area contributed by atoms with Gasteiger partial charge in [0.2, 0.25) is 23.6 Å². The molecule has 0 aromatic rings. The minimum atomic E-state index is -0.782. The van der Waals surface area contributed by atoms with Crippen LogP contribution in [0.1, 0.15) is 85.0 Å². The highest BCUT2D eigenvalue weighted by molar-refractivity contribution is 5.92. The molecule has 1 aliphatic rings. The van der Waals surface area contributed by atoms with Gasteiger partial charge >= 0.3 is 0 Å². The first-order valence-electron chi connectivity index (χ1n) is 12.5. The summed E-state index contributed by atoms with van der Waals surface area (Å²) in [6, 6.07) is -1.51. The molecule has 190 valence electrons. The summed E-state index contributed by atoms with van der Waals surface area (Å²) in [5.74, 6) is -0.655. The van der Waals surface area contributed by atoms with E-state index in [0.717, 1.165) is 19.3 Å². The standard InChI is InChI=1S/C24H45N5O4/c1-16(2)13-20(23(26)32)29-22(31)15-27-24(33)19(11-7-8-12-25)28-21(30)14-17(3)18-9-5-4-6-10-18/h16-20H,4-15,25H2,1-3H3,(H2,26,32)(H,27,33)(H,28,30)(H,29,31)/t17-,19+,20+/m1/s1. The number of hydrogen-bond acceptors (Lipinski definition) is 5. The lowest BCUT2D eigenvalue weighted by atomic mass is 9.79. The van der Waals surface area contributed by atoms with Crippen molar-refractivity contribution in [1.29, 1.82) is 0 Å². The van der Waals surface area contributed by atoms with Crippen LogP contribution in [0.5, 0.6) is 0 Å². The van der Waals surface area contributed by atoms with Crippen LogP contribution in [0.2, 0.25) is 0 Å². The van der Waals surface area contributed by atoms with Gasteiger partial charge in [0.1, 0.15) is 12.1 Å². The highest BCUT2D eigenvalue weighted by Gasteiger charge is 2.26. The molecule has 0 unspecified atom stereocenters. The predicted molar refractivity (Wildman–Crippen MR) is 129 cm³/mol. The average Bonchev–Trinajstić information content (AvgIpc) is 2.76. The van der Waals surface area contributed by atoms with E-state index in [1.54, 1.807) is 0 Å². The second-order valence-corrected chi connectivity index (χ2v) is 9.85. The monoisotopic (exact) mass is 467 g/mol. The van der Waals surface area contributed by atoms with Crippen molar-refractivity contribution in [3.63, 3.8) is 0 Å². The molecule has 0 saturated heterocycles. The second-order valence-electron chi connectivity index (χ2n) is 9.85. The number of nitrogens with two attached hydrogens (primary N) is 2. The molecule has 0 bridgehead atoms. The number of rotatable bonds is 15. The van der Waals surface area contributed by atoms with Crippen molar-refractivity contribution in [2.24, 2.45) is 29.2 Å². The Balaban J connectivity index is 2.59. The number of nitrogens with one attached hydrogen (secondary N) is 3. The van der Waals surface area contributed by atoms with E-state index >= 15 is 0 Å². The number of carbonyl (C=O) groups excluding carboxylic acids is 4. The summed E-state index contributed by atoms with van der Waals surface area (Å²) in [7, 11) is 0. The fourth-order valence-electron chi connectivity index (χ4n) is 4.43. The number of hydrogen-bond donors (Lipinski definition) is 5. The molecule has 1 fully saturated rings. The van der Waals surface area contributed by atoms with E-state index in [0.29, 0.717) is 38.1 Å². The Morgan fingerprint density at radius 2 is 1.55 bits per heavy atom. The first kappa shape index (κ1) is 28.9. The van der Waals surface area contributed by atoms with Gasteiger partial charge in [-0.1, -0.05) is 52.9 Å². The summed E-state index contributed by atoms with van der Waals surface area (Å²) < 4.78 is 0. The number of primary amides is 1. The van der Waals surface area contributed by atoms with Crippen LogP contribution in [0.25, 0.3) is 0 Å². The van der Waals surface area contributed by atoms with Gasteiger partial charge in [0.05, 0.1) is 6.54 Å². The maximum Gasteiger partial charge on any atom is 0.243 e. The van der Waals surface area contributed by atoms with Crippen molar-refractivity contribution in [2.75, 3.05) is 13.1 Å². The fraction of sp³-hybridized carbons (Fsp3) is 0.833. The van der Waals surface area contributed by atoms with Crippen LogP contribution in [0, 0.1) is 17.8 Å². The van der Waals surface area contributed by atoms with Crippen LogP contribution in [0.3, 0.4) is 0 Å². The first-order valence-corrected chi connectivity index (χ1v) is 12.5. The van der Waals surface area contributed by atoms with E-state index < -0.39 is 29.8 Å². The molecule has 1 saturated carbocycles. The predicted octanol–water partition coefficient (Wildman–Crippen LogP) is 1.34. The smallest absolute Gasteiger partial charge is 0.243 e. The summed E-state index contributed by atoms with van der Waals surface area (Å²) in [5, 5.41) is 8.00. The molecule has 4 amide bonds. The Labute approximate surface area is 198 Å². The van der Waals surface area contributed by atoms with Gasteiger partial charge in [-0.25, -0.2) is 0 Å². The fourth-order valence-corrected chi connectivity index (χ4v) is 4.43. The van der Waals surface area contributed by atoms with Crippen molar-refractivity contribution in [2.45, 2.75) is 97.1 Å². The van der Waals surface area contributed by atoms with E-state index in [-0.39, 0.29) is 24.3 Å². The normalized spacial score (nSPS) is 17.1. The zero-order chi connectivity index (χ0) is 24.8. The van der Waals surface area contributed by atoms with Gasteiger partial charge in [-0.2, -0.15) is 0 Å². The molecule has 0 heterocycles. The van der Waals surface area contributed by atoms with Gasteiger partial charge in [0.15, 0.2) is 0 Å². The number of carbonyl (C=O) groups is 4. The molecule has 9 nitrogen and oxygen atoms in total. The summed E-state index contributed by atoms with van der Waals surface area (Å²) in [6.45, 7) is 6.17. The Kier molecular flexibility index (Phi) is 13.7. The van der Waals surface area contributed by atoms with Crippen molar-refractivity contribution in [3.8, 4) is 0 Å². The average molecular weight is 468 g/mol. The molecule has 0 aliphatic heterocycles. The highest BCUT2D eigenvalue weighted by Crippen LogP contribution is 2.31. The molecule has 0 spiro atoms. The van der Waals surface area contributed by atoms with Crippen molar-refractivity contribution in [3.05, 3.63) is 0 Å². The van der Waals surface area contributed by atoms with Gasteiger partial charge < -0.3 is 27.4 Å². The third-order valence-electron chi connectivity index (χ3n) is 6.37. The first-order chi connectivity index (χ1) is 15.6. The van der Waals surface area contributed by atoms with Crippen LogP contribution in [0.15, 0.2) is 0 Å². The lowest BCUT2D eigenvalue weighted by Gasteiger charge is -2.28. The minimum absolute atomic E-state index is 0.142. The van der Waals surface area contributed by atoms with Crippen LogP contribution in [0.4, 0.5) is 0 Å². The third-order valence-corrected chi connectivity index (χ3v) is 6.37. The largest absolute Gasteiger partial charge is 0.368 e.